The number of ketones is 1. The van der Waals surface area contributed by atoms with E-state index in [4.69, 9.17) is 0 Å². The number of β-amino-alcohol motifs (C(OH)–C–C–N with tert-alkyl or cyclic N) is 2. The minimum absolute atomic E-state index is 0. The summed E-state index contributed by atoms with van der Waals surface area (Å²) in [5, 5.41) is 19.1. The maximum atomic E-state index is 12.7. The van der Waals surface area contributed by atoms with Crippen LogP contribution in [0.15, 0.2) is 12.2 Å². The van der Waals surface area contributed by atoms with E-state index < -0.39 is 22.0 Å². The maximum absolute atomic E-state index is 12.7. The van der Waals surface area contributed by atoms with Gasteiger partial charge < -0.3 is 14.8 Å². The van der Waals surface area contributed by atoms with Gasteiger partial charge in [-0.05, 0) is 25.7 Å². The van der Waals surface area contributed by atoms with E-state index in [0.717, 1.165) is 12.8 Å². The van der Waals surface area contributed by atoms with Gasteiger partial charge in [0.05, 0.1) is 22.5 Å². The summed E-state index contributed by atoms with van der Waals surface area (Å²) < 4.78 is 34.1. The third-order valence-electron chi connectivity index (χ3n) is 4.60. The summed E-state index contributed by atoms with van der Waals surface area (Å²) in [7, 11) is -4.54. The first-order valence-electron chi connectivity index (χ1n) is 10.1. The van der Waals surface area contributed by atoms with Crippen molar-refractivity contribution in [3.8, 4) is 0 Å². The number of aliphatic hydroxyl groups excluding tert-OH is 2. The number of carbonyl (C=O) groups excluding carboxylic acids is 1. The van der Waals surface area contributed by atoms with Crippen LogP contribution in [-0.4, -0.2) is 88.9 Å². The predicted octanol–water partition coefficient (Wildman–Crippen LogP) is -2.51. The Morgan fingerprint density at radius 3 is 2.52 bits per heavy atom. The van der Waals surface area contributed by atoms with Crippen molar-refractivity contribution >= 4 is 21.7 Å². The summed E-state index contributed by atoms with van der Waals surface area (Å²) in [6.07, 6.45) is 9.37. The maximum Gasteiger partial charge on any atom is 1.00 e. The molecule has 1 aliphatic heterocycles. The standard InChI is InChI=1S/C19H34N2O6S.Na/c1-2-3-4-5-6-7-8-9-10-18(24)19-20(13-14-22)11-12-21(19)15-17(23)16-28(25,26)27;/h6-7,17,22-23H,2-5,8-16H2,1H3;/q;+1/b7-6+;. The molecule has 1 atom stereocenters. The molecule has 10 heteroatoms. The van der Waals surface area contributed by atoms with E-state index in [-0.39, 0.29) is 48.5 Å². The molecule has 0 aromatic heterocycles. The molecule has 0 fully saturated rings. The van der Waals surface area contributed by atoms with Crippen LogP contribution in [0.1, 0.15) is 51.9 Å². The molecule has 0 aromatic carbocycles. The molecule has 1 heterocycles. The molecule has 1 aliphatic rings. The second kappa shape index (κ2) is 15.5. The number of unbranched alkanes of at least 4 members (excludes halogenated alkanes) is 4. The molecule has 1 unspecified atom stereocenters. The van der Waals surface area contributed by atoms with E-state index >= 15 is 0 Å². The van der Waals surface area contributed by atoms with E-state index in [1.165, 1.54) is 19.3 Å². The number of allylic oxidation sites excluding steroid dienone is 2. The Balaban J connectivity index is 0.00000784. The van der Waals surface area contributed by atoms with Gasteiger partial charge in [0.1, 0.15) is 32.3 Å². The molecule has 162 valence electrons. The first-order valence-corrected chi connectivity index (χ1v) is 11.6. The number of carbonyl (C=O) groups is 1. The van der Waals surface area contributed by atoms with E-state index in [2.05, 4.69) is 19.1 Å². The molecule has 8 nitrogen and oxygen atoms in total. The van der Waals surface area contributed by atoms with E-state index in [1.807, 2.05) is 0 Å². The van der Waals surface area contributed by atoms with Crippen molar-refractivity contribution in [2.75, 3.05) is 38.5 Å². The third kappa shape index (κ3) is 12.2. The Kier molecular flexibility index (Phi) is 15.3. The van der Waals surface area contributed by atoms with Crippen LogP contribution >= 0.6 is 0 Å². The average Bonchev–Trinajstić information content (AvgIpc) is 2.98. The fourth-order valence-corrected chi connectivity index (χ4v) is 3.88. The van der Waals surface area contributed by atoms with Crippen molar-refractivity contribution in [2.45, 2.75) is 58.0 Å². The van der Waals surface area contributed by atoms with Gasteiger partial charge in [0.2, 0.25) is 5.78 Å². The van der Waals surface area contributed by atoms with Crippen LogP contribution in [0.5, 0.6) is 0 Å². The largest absolute Gasteiger partial charge is 1.00 e. The number of hydrogen-bond donors (Lipinski definition) is 2. The number of hydrogen-bond acceptors (Lipinski definition) is 7. The molecule has 0 bridgehead atoms. The molecule has 1 rings (SSSR count). The number of aliphatic hydroxyl groups is 2. The Labute approximate surface area is 196 Å². The SMILES string of the molecule is CCCCC/C=C/CCCC(=O)C1=[N+](CC(O)CS(=O)(=O)[O-])CCN1CCO.[Na+]. The van der Waals surface area contributed by atoms with Gasteiger partial charge in [-0.2, -0.15) is 0 Å². The Morgan fingerprint density at radius 2 is 1.93 bits per heavy atom. The summed E-state index contributed by atoms with van der Waals surface area (Å²) in [6, 6.07) is 0. The van der Waals surface area contributed by atoms with Crippen LogP contribution in [0.3, 0.4) is 0 Å². The van der Waals surface area contributed by atoms with Gasteiger partial charge in [0.25, 0.3) is 0 Å². The van der Waals surface area contributed by atoms with Gasteiger partial charge in [-0.25, -0.2) is 8.42 Å². The number of nitrogens with zero attached hydrogens (tertiary/aromatic N) is 2. The van der Waals surface area contributed by atoms with Crippen molar-refractivity contribution in [3.63, 3.8) is 0 Å². The molecule has 0 saturated heterocycles. The minimum Gasteiger partial charge on any atom is -0.748 e. The normalized spacial score (nSPS) is 15.8. The van der Waals surface area contributed by atoms with Crippen molar-refractivity contribution in [1.29, 1.82) is 0 Å². The third-order valence-corrected chi connectivity index (χ3v) is 5.39. The van der Waals surface area contributed by atoms with Gasteiger partial charge in [-0.1, -0.05) is 31.9 Å². The Hall–Kier alpha value is -0.290. The smallest absolute Gasteiger partial charge is 0.748 e. The Morgan fingerprint density at radius 1 is 1.28 bits per heavy atom. The molecule has 0 saturated carbocycles. The second-order valence-corrected chi connectivity index (χ2v) is 8.59. The fourth-order valence-electron chi connectivity index (χ4n) is 3.30. The van der Waals surface area contributed by atoms with E-state index in [0.29, 0.717) is 38.3 Å². The van der Waals surface area contributed by atoms with Crippen molar-refractivity contribution < 1.29 is 62.1 Å². The number of amidine groups is 1. The van der Waals surface area contributed by atoms with Crippen LogP contribution in [0.4, 0.5) is 0 Å². The molecule has 2 N–H and O–H groups in total. The predicted molar refractivity (Wildman–Crippen MR) is 106 cm³/mol. The van der Waals surface area contributed by atoms with Crippen molar-refractivity contribution in [1.82, 2.24) is 4.90 Å². The van der Waals surface area contributed by atoms with E-state index in [9.17, 15) is 28.0 Å². The van der Waals surface area contributed by atoms with Gasteiger partial charge >= 0.3 is 35.4 Å². The van der Waals surface area contributed by atoms with Crippen LogP contribution in [0.25, 0.3) is 0 Å². The monoisotopic (exact) mass is 441 g/mol. The molecule has 0 amide bonds. The van der Waals surface area contributed by atoms with Crippen LogP contribution in [0.2, 0.25) is 0 Å². The first-order chi connectivity index (χ1) is 13.3. The van der Waals surface area contributed by atoms with Crippen molar-refractivity contribution in [3.05, 3.63) is 12.2 Å². The second-order valence-electron chi connectivity index (χ2n) is 7.14. The van der Waals surface area contributed by atoms with Crippen LogP contribution < -0.4 is 29.6 Å². The molecular formula is C19H34N2NaO6S+. The quantitative estimate of drug-likeness (QED) is 0.0947. The summed E-state index contributed by atoms with van der Waals surface area (Å²) in [5.74, 6) is -0.584. The molecule has 29 heavy (non-hydrogen) atoms. The zero-order valence-corrected chi connectivity index (χ0v) is 20.6. The van der Waals surface area contributed by atoms with Crippen LogP contribution in [0, 0.1) is 0 Å². The topological polar surface area (TPSA) is 121 Å². The van der Waals surface area contributed by atoms with Crippen LogP contribution in [-0.2, 0) is 14.9 Å². The first kappa shape index (κ1) is 28.7. The summed E-state index contributed by atoms with van der Waals surface area (Å²) in [4.78, 5) is 14.4. The van der Waals surface area contributed by atoms with Gasteiger partial charge in [-0.3, -0.25) is 14.3 Å². The van der Waals surface area contributed by atoms with Gasteiger partial charge in [0, 0.05) is 6.42 Å². The molecule has 0 spiro atoms. The number of rotatable bonds is 15. The van der Waals surface area contributed by atoms with E-state index in [1.54, 1.807) is 9.48 Å². The molecule has 0 radical (unpaired) electrons. The zero-order chi connectivity index (χ0) is 21.0. The molecule has 0 aromatic rings. The fraction of sp³-hybridized carbons (Fsp3) is 0.789. The zero-order valence-electron chi connectivity index (χ0n) is 17.8. The summed E-state index contributed by atoms with van der Waals surface area (Å²) >= 11 is 0. The summed E-state index contributed by atoms with van der Waals surface area (Å²) in [6.45, 7) is 3.21. The Bertz CT molecular complexity index is 651. The number of Topliss-reactive ketones (excluding diaryl/α,β-unsaturated/α-hetero) is 1. The summed E-state index contributed by atoms with van der Waals surface area (Å²) in [5.41, 5.74) is 0. The van der Waals surface area contributed by atoms with Crippen molar-refractivity contribution in [2.24, 2.45) is 0 Å². The van der Waals surface area contributed by atoms with Gasteiger partial charge in [-0.15, -0.1) is 0 Å². The molecule has 0 aliphatic carbocycles. The average molecular weight is 442 g/mol. The molecular weight excluding hydrogens is 407 g/mol. The van der Waals surface area contributed by atoms with Gasteiger partial charge in [0.15, 0.2) is 0 Å². The minimum atomic E-state index is -4.54.